The number of hydrogen-bond acceptors (Lipinski definition) is 2. The highest BCUT2D eigenvalue weighted by Gasteiger charge is 2.24. The van der Waals surface area contributed by atoms with Crippen LogP contribution in [0.3, 0.4) is 0 Å². The summed E-state index contributed by atoms with van der Waals surface area (Å²) in [6, 6.07) is 0.479. The van der Waals surface area contributed by atoms with Gasteiger partial charge in [0.2, 0.25) is 0 Å². The van der Waals surface area contributed by atoms with Crippen LogP contribution in [0.1, 0.15) is 33.6 Å². The van der Waals surface area contributed by atoms with Crippen LogP contribution < -0.4 is 10.6 Å². The number of guanidine groups is 1. The number of rotatable bonds is 4. The first-order valence-corrected chi connectivity index (χ1v) is 6.62. The standard InChI is InChI=1S/C14H27N3O.HI/c1-14(2,3)12(18-5)10-16-13(15-4)17-11-8-6-7-9-11;/h6-7,11-12H,8-10H2,1-5H3,(H2,15,16,17);1H. The average molecular weight is 381 g/mol. The molecule has 0 spiro atoms. The van der Waals surface area contributed by atoms with E-state index >= 15 is 0 Å². The van der Waals surface area contributed by atoms with E-state index < -0.39 is 0 Å². The Morgan fingerprint density at radius 3 is 2.37 bits per heavy atom. The molecule has 5 heteroatoms. The normalized spacial score (nSPS) is 18.1. The van der Waals surface area contributed by atoms with Crippen LogP contribution in [0.15, 0.2) is 17.1 Å². The molecule has 19 heavy (non-hydrogen) atoms. The third-order valence-corrected chi connectivity index (χ3v) is 3.28. The Kier molecular flexibility index (Phi) is 8.65. The van der Waals surface area contributed by atoms with Gasteiger partial charge in [0.1, 0.15) is 0 Å². The Bertz CT molecular complexity index is 302. The van der Waals surface area contributed by atoms with Crippen LogP contribution in [0.4, 0.5) is 0 Å². The Labute approximate surface area is 134 Å². The van der Waals surface area contributed by atoms with E-state index in [1.165, 1.54) is 0 Å². The van der Waals surface area contributed by atoms with E-state index in [0.717, 1.165) is 25.3 Å². The highest BCUT2D eigenvalue weighted by Crippen LogP contribution is 2.20. The minimum atomic E-state index is 0. The molecule has 4 nitrogen and oxygen atoms in total. The molecule has 0 heterocycles. The third kappa shape index (κ3) is 6.61. The Morgan fingerprint density at radius 2 is 1.95 bits per heavy atom. The molecule has 0 aromatic rings. The van der Waals surface area contributed by atoms with Gasteiger partial charge < -0.3 is 15.4 Å². The van der Waals surface area contributed by atoms with Gasteiger partial charge in [-0.05, 0) is 18.3 Å². The summed E-state index contributed by atoms with van der Waals surface area (Å²) in [6.07, 6.45) is 6.73. The largest absolute Gasteiger partial charge is 0.379 e. The first-order valence-electron chi connectivity index (χ1n) is 6.62. The van der Waals surface area contributed by atoms with Crippen LogP contribution >= 0.6 is 24.0 Å². The first-order chi connectivity index (χ1) is 8.47. The van der Waals surface area contributed by atoms with Crippen LogP contribution in [0.5, 0.6) is 0 Å². The number of aliphatic imine (C=N–C) groups is 1. The van der Waals surface area contributed by atoms with Gasteiger partial charge in [0.15, 0.2) is 5.96 Å². The summed E-state index contributed by atoms with van der Waals surface area (Å²) in [7, 11) is 3.56. The summed E-state index contributed by atoms with van der Waals surface area (Å²) >= 11 is 0. The summed E-state index contributed by atoms with van der Waals surface area (Å²) in [6.45, 7) is 7.31. The zero-order valence-electron chi connectivity index (χ0n) is 12.7. The van der Waals surface area contributed by atoms with Crippen LogP contribution in [-0.2, 0) is 4.74 Å². The summed E-state index contributed by atoms with van der Waals surface area (Å²) in [5.74, 6) is 0.856. The lowest BCUT2D eigenvalue weighted by molar-refractivity contribution is 0.0205. The second-order valence-corrected chi connectivity index (χ2v) is 5.83. The molecule has 0 radical (unpaired) electrons. The van der Waals surface area contributed by atoms with E-state index in [4.69, 9.17) is 4.74 Å². The summed E-state index contributed by atoms with van der Waals surface area (Å²) in [5, 5.41) is 6.76. The van der Waals surface area contributed by atoms with Crippen LogP contribution in [-0.4, -0.2) is 38.8 Å². The molecule has 1 aliphatic carbocycles. The lowest BCUT2D eigenvalue weighted by Gasteiger charge is -2.30. The molecule has 2 N–H and O–H groups in total. The van der Waals surface area contributed by atoms with Gasteiger partial charge in [-0.3, -0.25) is 4.99 Å². The van der Waals surface area contributed by atoms with Gasteiger partial charge in [-0.15, -0.1) is 24.0 Å². The molecule has 1 unspecified atom stereocenters. The van der Waals surface area contributed by atoms with Crippen molar-refractivity contribution in [3.63, 3.8) is 0 Å². The second-order valence-electron chi connectivity index (χ2n) is 5.83. The highest BCUT2D eigenvalue weighted by molar-refractivity contribution is 14.0. The fourth-order valence-electron chi connectivity index (χ4n) is 2.06. The Morgan fingerprint density at radius 1 is 1.37 bits per heavy atom. The fraction of sp³-hybridized carbons (Fsp3) is 0.786. The van der Waals surface area contributed by atoms with Crippen LogP contribution in [0.2, 0.25) is 0 Å². The molecular formula is C14H28IN3O. The van der Waals surface area contributed by atoms with Crippen molar-refractivity contribution in [3.05, 3.63) is 12.2 Å². The zero-order chi connectivity index (χ0) is 13.6. The fourth-order valence-corrected chi connectivity index (χ4v) is 2.06. The molecule has 0 amide bonds. The van der Waals surface area contributed by atoms with E-state index in [1.807, 2.05) is 0 Å². The van der Waals surface area contributed by atoms with Gasteiger partial charge in [-0.2, -0.15) is 0 Å². The van der Waals surface area contributed by atoms with E-state index in [2.05, 4.69) is 48.5 Å². The van der Waals surface area contributed by atoms with E-state index in [0.29, 0.717) is 6.04 Å². The number of nitrogens with one attached hydrogen (secondary N) is 2. The summed E-state index contributed by atoms with van der Waals surface area (Å²) in [5.41, 5.74) is 0.121. The SMILES string of the molecule is CN=C(NCC(OC)C(C)(C)C)NC1CC=CC1.I. The van der Waals surface area contributed by atoms with Gasteiger partial charge in [0.25, 0.3) is 0 Å². The minimum Gasteiger partial charge on any atom is -0.379 e. The highest BCUT2D eigenvalue weighted by atomic mass is 127. The summed E-state index contributed by atoms with van der Waals surface area (Å²) in [4.78, 5) is 4.25. The molecule has 0 bridgehead atoms. The average Bonchev–Trinajstić information content (AvgIpc) is 2.79. The molecular weight excluding hydrogens is 353 g/mol. The Balaban J connectivity index is 0.00000324. The van der Waals surface area contributed by atoms with Crippen molar-refractivity contribution in [2.45, 2.75) is 45.8 Å². The summed E-state index contributed by atoms with van der Waals surface area (Å²) < 4.78 is 5.52. The molecule has 0 aliphatic heterocycles. The smallest absolute Gasteiger partial charge is 0.191 e. The van der Waals surface area contributed by atoms with Gasteiger partial charge in [-0.25, -0.2) is 0 Å². The number of hydrogen-bond donors (Lipinski definition) is 2. The molecule has 0 saturated carbocycles. The number of nitrogens with zero attached hydrogens (tertiary/aromatic N) is 1. The minimum absolute atomic E-state index is 0. The lowest BCUT2D eigenvalue weighted by Crippen LogP contribution is -2.47. The molecule has 0 aromatic carbocycles. The van der Waals surface area contributed by atoms with Crippen molar-refractivity contribution in [3.8, 4) is 0 Å². The predicted molar refractivity (Wildman–Crippen MR) is 92.3 cm³/mol. The van der Waals surface area contributed by atoms with E-state index in [9.17, 15) is 0 Å². The number of halogens is 1. The topological polar surface area (TPSA) is 45.7 Å². The molecule has 1 aliphatic rings. The maximum atomic E-state index is 5.52. The monoisotopic (exact) mass is 381 g/mol. The van der Waals surface area contributed by atoms with E-state index in [1.54, 1.807) is 14.2 Å². The Hall–Kier alpha value is -0.300. The van der Waals surface area contributed by atoms with Crippen LogP contribution in [0.25, 0.3) is 0 Å². The molecule has 1 atom stereocenters. The molecule has 0 saturated heterocycles. The van der Waals surface area contributed by atoms with Gasteiger partial charge >= 0.3 is 0 Å². The molecule has 0 aromatic heterocycles. The maximum absolute atomic E-state index is 5.52. The maximum Gasteiger partial charge on any atom is 0.191 e. The molecule has 112 valence electrons. The second kappa shape index (κ2) is 8.79. The van der Waals surface area contributed by atoms with Gasteiger partial charge in [-0.1, -0.05) is 32.9 Å². The van der Waals surface area contributed by atoms with Crippen molar-refractivity contribution in [2.75, 3.05) is 20.7 Å². The van der Waals surface area contributed by atoms with Gasteiger partial charge in [0.05, 0.1) is 6.10 Å². The van der Waals surface area contributed by atoms with Crippen molar-refractivity contribution < 1.29 is 4.74 Å². The van der Waals surface area contributed by atoms with Gasteiger partial charge in [0, 0.05) is 26.7 Å². The van der Waals surface area contributed by atoms with E-state index in [-0.39, 0.29) is 35.5 Å². The lowest BCUT2D eigenvalue weighted by atomic mass is 9.89. The predicted octanol–water partition coefficient (Wildman–Crippen LogP) is 2.55. The quantitative estimate of drug-likeness (QED) is 0.341. The number of methoxy groups -OCH3 is 1. The number of ether oxygens (including phenoxy) is 1. The van der Waals surface area contributed by atoms with Crippen molar-refractivity contribution in [1.82, 2.24) is 10.6 Å². The first kappa shape index (κ1) is 18.7. The van der Waals surface area contributed by atoms with Crippen LogP contribution in [0, 0.1) is 5.41 Å². The zero-order valence-corrected chi connectivity index (χ0v) is 15.0. The molecule has 0 fully saturated rings. The van der Waals surface area contributed by atoms with Crippen molar-refractivity contribution in [1.29, 1.82) is 0 Å². The van der Waals surface area contributed by atoms with Crippen molar-refractivity contribution >= 4 is 29.9 Å². The molecule has 1 rings (SSSR count). The van der Waals surface area contributed by atoms with Crippen molar-refractivity contribution in [2.24, 2.45) is 10.4 Å². The third-order valence-electron chi connectivity index (χ3n) is 3.28.